The van der Waals surface area contributed by atoms with Gasteiger partial charge in [-0.2, -0.15) is 5.26 Å². The van der Waals surface area contributed by atoms with Crippen molar-refractivity contribution in [2.45, 2.75) is 32.4 Å². The lowest BCUT2D eigenvalue weighted by molar-refractivity contribution is -0.118. The molecule has 2 aromatic carbocycles. The van der Waals surface area contributed by atoms with Crippen molar-refractivity contribution < 1.29 is 4.79 Å². The molecule has 0 radical (unpaired) electrons. The van der Waals surface area contributed by atoms with E-state index in [9.17, 15) is 4.79 Å². The van der Waals surface area contributed by atoms with Crippen molar-refractivity contribution in [3.05, 3.63) is 64.1 Å². The molecule has 24 heavy (non-hydrogen) atoms. The maximum absolute atomic E-state index is 12.4. The number of rotatable bonds is 6. The van der Waals surface area contributed by atoms with Crippen LogP contribution in [0.25, 0.3) is 0 Å². The Morgan fingerprint density at radius 3 is 2.58 bits per heavy atom. The van der Waals surface area contributed by atoms with Gasteiger partial charge in [-0.15, -0.1) is 0 Å². The highest BCUT2D eigenvalue weighted by molar-refractivity contribution is 9.10. The summed E-state index contributed by atoms with van der Waals surface area (Å²) in [4.78, 5) is 12.4. The quantitative estimate of drug-likeness (QED) is 0.774. The number of carbonyl (C=O) groups is 1. The summed E-state index contributed by atoms with van der Waals surface area (Å²) in [6.45, 7) is 3.92. The minimum absolute atomic E-state index is 0.101. The second kappa shape index (κ2) is 8.62. The molecule has 2 N–H and O–H groups in total. The summed E-state index contributed by atoms with van der Waals surface area (Å²) in [5.74, 6) is -0.124. The van der Waals surface area contributed by atoms with E-state index in [4.69, 9.17) is 5.26 Å². The van der Waals surface area contributed by atoms with Crippen LogP contribution < -0.4 is 10.6 Å². The van der Waals surface area contributed by atoms with Gasteiger partial charge in [-0.1, -0.05) is 41.1 Å². The van der Waals surface area contributed by atoms with Crippen LogP contribution in [0.3, 0.4) is 0 Å². The Labute approximate surface area is 151 Å². The highest BCUT2D eigenvalue weighted by Gasteiger charge is 2.18. The summed E-state index contributed by atoms with van der Waals surface area (Å²) >= 11 is 3.43. The van der Waals surface area contributed by atoms with Crippen LogP contribution in [0.15, 0.2) is 53.0 Å². The maximum atomic E-state index is 12.4. The van der Waals surface area contributed by atoms with E-state index in [1.807, 2.05) is 31.2 Å². The van der Waals surface area contributed by atoms with E-state index in [2.05, 4.69) is 39.6 Å². The predicted octanol–water partition coefficient (Wildman–Crippen LogP) is 4.39. The minimum atomic E-state index is -0.357. The van der Waals surface area contributed by atoms with Gasteiger partial charge in [0, 0.05) is 16.2 Å². The summed E-state index contributed by atoms with van der Waals surface area (Å²) in [6.07, 6.45) is 0.878. The van der Waals surface area contributed by atoms with Crippen molar-refractivity contribution in [1.29, 1.82) is 5.26 Å². The number of benzene rings is 2. The molecular formula is C19H20BrN3O. The molecule has 0 saturated carbocycles. The topological polar surface area (TPSA) is 64.9 Å². The van der Waals surface area contributed by atoms with Gasteiger partial charge < -0.3 is 5.32 Å². The van der Waals surface area contributed by atoms with Crippen LogP contribution in [0.1, 0.15) is 37.4 Å². The first-order valence-electron chi connectivity index (χ1n) is 7.86. The molecule has 2 rings (SSSR count). The first-order chi connectivity index (χ1) is 11.5. The lowest BCUT2D eigenvalue weighted by Crippen LogP contribution is -2.40. The highest BCUT2D eigenvalue weighted by Crippen LogP contribution is 2.20. The molecule has 0 aromatic heterocycles. The third-order valence-electron chi connectivity index (χ3n) is 3.78. The Balaban J connectivity index is 2.01. The molecule has 0 aliphatic rings. The van der Waals surface area contributed by atoms with Crippen LogP contribution in [0.4, 0.5) is 5.69 Å². The molecule has 0 bridgehead atoms. The first kappa shape index (κ1) is 18.2. The summed E-state index contributed by atoms with van der Waals surface area (Å²) in [5, 5.41) is 15.1. The number of halogens is 1. The van der Waals surface area contributed by atoms with E-state index in [0.717, 1.165) is 16.5 Å². The van der Waals surface area contributed by atoms with Gasteiger partial charge in [0.15, 0.2) is 0 Å². The Morgan fingerprint density at radius 1 is 1.25 bits per heavy atom. The van der Waals surface area contributed by atoms with Crippen molar-refractivity contribution in [2.24, 2.45) is 0 Å². The number of hydrogen-bond donors (Lipinski definition) is 2. The second-order valence-electron chi connectivity index (χ2n) is 5.58. The zero-order chi connectivity index (χ0) is 17.5. The van der Waals surface area contributed by atoms with Gasteiger partial charge in [-0.25, -0.2) is 0 Å². The third kappa shape index (κ3) is 4.92. The van der Waals surface area contributed by atoms with E-state index in [1.54, 1.807) is 24.3 Å². The summed E-state index contributed by atoms with van der Waals surface area (Å²) < 4.78 is 1.03. The van der Waals surface area contributed by atoms with Gasteiger partial charge in [0.1, 0.15) is 0 Å². The van der Waals surface area contributed by atoms with Crippen LogP contribution in [0.2, 0.25) is 0 Å². The van der Waals surface area contributed by atoms with Crippen LogP contribution in [-0.4, -0.2) is 11.9 Å². The molecule has 2 aromatic rings. The van der Waals surface area contributed by atoms with Crippen LogP contribution in [-0.2, 0) is 4.79 Å². The smallest absolute Gasteiger partial charge is 0.241 e. The third-order valence-corrected chi connectivity index (χ3v) is 4.31. The molecule has 5 heteroatoms. The van der Waals surface area contributed by atoms with Gasteiger partial charge in [0.25, 0.3) is 0 Å². The second-order valence-corrected chi connectivity index (χ2v) is 6.50. The van der Waals surface area contributed by atoms with Gasteiger partial charge in [0.05, 0.1) is 17.7 Å². The molecule has 0 aliphatic carbocycles. The number of nitriles is 1. The molecular weight excluding hydrogens is 366 g/mol. The molecule has 0 fully saturated rings. The van der Waals surface area contributed by atoms with Crippen molar-refractivity contribution in [1.82, 2.24) is 5.32 Å². The minimum Gasteiger partial charge on any atom is -0.325 e. The zero-order valence-electron chi connectivity index (χ0n) is 13.7. The number of anilines is 1. The van der Waals surface area contributed by atoms with Crippen molar-refractivity contribution >= 4 is 27.5 Å². The van der Waals surface area contributed by atoms with Crippen LogP contribution >= 0.6 is 15.9 Å². The van der Waals surface area contributed by atoms with E-state index >= 15 is 0 Å². The fraction of sp³-hybridized carbons (Fsp3) is 0.263. The molecule has 0 spiro atoms. The van der Waals surface area contributed by atoms with Crippen molar-refractivity contribution in [2.75, 3.05) is 5.32 Å². The summed E-state index contributed by atoms with van der Waals surface area (Å²) in [6, 6.07) is 16.8. The monoisotopic (exact) mass is 385 g/mol. The van der Waals surface area contributed by atoms with E-state index < -0.39 is 0 Å². The van der Waals surface area contributed by atoms with Gasteiger partial charge >= 0.3 is 0 Å². The fourth-order valence-corrected chi connectivity index (χ4v) is 2.70. The van der Waals surface area contributed by atoms with E-state index in [-0.39, 0.29) is 18.0 Å². The Bertz CT molecular complexity index is 737. The van der Waals surface area contributed by atoms with Crippen LogP contribution in [0.5, 0.6) is 0 Å². The summed E-state index contributed by atoms with van der Waals surface area (Å²) in [7, 11) is 0. The molecule has 2 atom stereocenters. The van der Waals surface area contributed by atoms with Gasteiger partial charge in [-0.05, 0) is 49.2 Å². The van der Waals surface area contributed by atoms with E-state index in [1.165, 1.54) is 0 Å². The first-order valence-corrected chi connectivity index (χ1v) is 8.65. The van der Waals surface area contributed by atoms with Crippen LogP contribution in [0, 0.1) is 11.3 Å². The average Bonchev–Trinajstić information content (AvgIpc) is 2.60. The molecule has 124 valence electrons. The molecule has 4 nitrogen and oxygen atoms in total. The fourth-order valence-electron chi connectivity index (χ4n) is 2.44. The number of hydrogen-bond acceptors (Lipinski definition) is 3. The predicted molar refractivity (Wildman–Crippen MR) is 99.6 cm³/mol. The number of carbonyl (C=O) groups excluding carboxylic acids is 1. The van der Waals surface area contributed by atoms with Gasteiger partial charge in [-0.3, -0.25) is 10.1 Å². The number of nitrogens with zero attached hydrogens (tertiary/aromatic N) is 1. The van der Waals surface area contributed by atoms with Crippen molar-refractivity contribution in [3.8, 4) is 6.07 Å². The Hall–Kier alpha value is -2.16. The maximum Gasteiger partial charge on any atom is 0.241 e. The molecule has 0 saturated heterocycles. The Morgan fingerprint density at radius 2 is 1.96 bits per heavy atom. The lowest BCUT2D eigenvalue weighted by Gasteiger charge is -2.22. The zero-order valence-corrected chi connectivity index (χ0v) is 15.3. The SMILES string of the molecule is CC[C@@H](N[C@@H](C)C(=O)Nc1cccc(C#N)c1)c1ccc(Br)cc1. The highest BCUT2D eigenvalue weighted by atomic mass is 79.9. The molecule has 0 aliphatic heterocycles. The lowest BCUT2D eigenvalue weighted by atomic mass is 10.0. The van der Waals surface area contributed by atoms with Gasteiger partial charge in [0.2, 0.25) is 5.91 Å². The standard InChI is InChI=1S/C19H20BrN3O/c1-3-18(15-7-9-16(20)10-8-15)22-13(2)19(24)23-17-6-4-5-14(11-17)12-21/h4-11,13,18,22H,3H2,1-2H3,(H,23,24)/t13-,18+/m0/s1. The normalized spacial score (nSPS) is 12.9. The number of amides is 1. The molecule has 0 unspecified atom stereocenters. The average molecular weight is 386 g/mol. The largest absolute Gasteiger partial charge is 0.325 e. The molecule has 0 heterocycles. The number of nitrogens with one attached hydrogen (secondary N) is 2. The summed E-state index contributed by atoms with van der Waals surface area (Å²) in [5.41, 5.74) is 2.30. The van der Waals surface area contributed by atoms with E-state index in [0.29, 0.717) is 11.3 Å². The molecule has 1 amide bonds. The Kier molecular flexibility index (Phi) is 6.53. The van der Waals surface area contributed by atoms with Crippen molar-refractivity contribution in [3.63, 3.8) is 0 Å².